The number of halogens is 1. The molecule has 106 valence electrons. The predicted octanol–water partition coefficient (Wildman–Crippen LogP) is 5.39. The highest BCUT2D eigenvalue weighted by Gasteiger charge is 2.04. The highest BCUT2D eigenvalue weighted by molar-refractivity contribution is 7.15. The molecule has 0 atom stereocenters. The molecule has 0 fully saturated rings. The second-order valence-corrected chi connectivity index (χ2v) is 6.23. The van der Waals surface area contributed by atoms with Crippen LogP contribution in [-0.2, 0) is 6.54 Å². The van der Waals surface area contributed by atoms with Crippen molar-refractivity contribution in [1.29, 1.82) is 0 Å². The molecule has 4 heteroatoms. The van der Waals surface area contributed by atoms with Gasteiger partial charge in [-0.15, -0.1) is 11.3 Å². The molecule has 0 saturated carbocycles. The van der Waals surface area contributed by atoms with Gasteiger partial charge in [0.2, 0.25) is 0 Å². The van der Waals surface area contributed by atoms with Crippen LogP contribution >= 0.6 is 22.9 Å². The second kappa shape index (κ2) is 6.20. The van der Waals surface area contributed by atoms with Crippen molar-refractivity contribution in [3.63, 3.8) is 0 Å². The molecule has 0 aliphatic carbocycles. The maximum atomic E-state index is 9.40. The van der Waals surface area contributed by atoms with Crippen LogP contribution in [0.2, 0.25) is 5.02 Å². The van der Waals surface area contributed by atoms with Crippen LogP contribution in [-0.4, -0.2) is 5.11 Å². The molecule has 2 nitrogen and oxygen atoms in total. The van der Waals surface area contributed by atoms with Crippen molar-refractivity contribution in [2.75, 3.05) is 5.32 Å². The number of anilines is 1. The molecule has 2 N–H and O–H groups in total. The lowest BCUT2D eigenvalue weighted by Crippen LogP contribution is -1.96. The van der Waals surface area contributed by atoms with E-state index in [9.17, 15) is 5.11 Å². The summed E-state index contributed by atoms with van der Waals surface area (Å²) >= 11 is 7.66. The van der Waals surface area contributed by atoms with E-state index < -0.39 is 0 Å². The Hall–Kier alpha value is -1.97. The van der Waals surface area contributed by atoms with Gasteiger partial charge in [0, 0.05) is 22.0 Å². The molecule has 0 amide bonds. The van der Waals surface area contributed by atoms with Crippen molar-refractivity contribution in [1.82, 2.24) is 0 Å². The van der Waals surface area contributed by atoms with E-state index in [2.05, 4.69) is 29.6 Å². The van der Waals surface area contributed by atoms with Crippen LogP contribution in [0.5, 0.6) is 5.75 Å². The first kappa shape index (κ1) is 14.0. The van der Waals surface area contributed by atoms with Crippen molar-refractivity contribution < 1.29 is 5.11 Å². The highest BCUT2D eigenvalue weighted by Crippen LogP contribution is 2.29. The monoisotopic (exact) mass is 315 g/mol. The Balaban J connectivity index is 1.69. The summed E-state index contributed by atoms with van der Waals surface area (Å²) in [4.78, 5) is 2.51. The van der Waals surface area contributed by atoms with Crippen LogP contribution in [0.1, 0.15) is 4.88 Å². The highest BCUT2D eigenvalue weighted by atomic mass is 35.5. The zero-order valence-electron chi connectivity index (χ0n) is 11.2. The van der Waals surface area contributed by atoms with E-state index in [0.29, 0.717) is 5.02 Å². The summed E-state index contributed by atoms with van der Waals surface area (Å²) in [6, 6.07) is 19.7. The second-order valence-electron chi connectivity index (χ2n) is 4.65. The van der Waals surface area contributed by atoms with Crippen LogP contribution in [0, 0.1) is 0 Å². The van der Waals surface area contributed by atoms with Gasteiger partial charge < -0.3 is 10.4 Å². The van der Waals surface area contributed by atoms with E-state index in [-0.39, 0.29) is 5.75 Å². The maximum Gasteiger partial charge on any atom is 0.134 e. The molecular weight excluding hydrogens is 302 g/mol. The Bertz CT molecular complexity index is 740. The van der Waals surface area contributed by atoms with E-state index in [1.807, 2.05) is 24.3 Å². The lowest BCUT2D eigenvalue weighted by molar-refractivity contribution is 0.475. The molecule has 1 heterocycles. The van der Waals surface area contributed by atoms with Crippen molar-refractivity contribution in [2.24, 2.45) is 0 Å². The minimum Gasteiger partial charge on any atom is -0.506 e. The van der Waals surface area contributed by atoms with Crippen LogP contribution in [0.15, 0.2) is 60.7 Å². The average molecular weight is 316 g/mol. The molecule has 3 aromatic rings. The number of thiophene rings is 1. The number of nitrogens with one attached hydrogen (secondary N) is 1. The Morgan fingerprint density at radius 3 is 2.57 bits per heavy atom. The average Bonchev–Trinajstić information content (AvgIpc) is 2.98. The van der Waals surface area contributed by atoms with Gasteiger partial charge in [-0.05, 0) is 35.9 Å². The molecular formula is C17H14ClNOS. The number of phenolic OH excluding ortho intramolecular Hbond substituents is 1. The molecule has 0 bridgehead atoms. The summed E-state index contributed by atoms with van der Waals surface area (Å²) in [5.41, 5.74) is 2.13. The fourth-order valence-electron chi connectivity index (χ4n) is 2.04. The quantitative estimate of drug-likeness (QED) is 0.633. The van der Waals surface area contributed by atoms with E-state index in [4.69, 9.17) is 11.6 Å². The van der Waals surface area contributed by atoms with Crippen molar-refractivity contribution >= 4 is 28.6 Å². The molecule has 0 spiro atoms. The number of rotatable bonds is 4. The number of hydrogen-bond donors (Lipinski definition) is 2. The van der Waals surface area contributed by atoms with Crippen molar-refractivity contribution in [3.8, 4) is 16.2 Å². The molecule has 0 unspecified atom stereocenters. The first-order chi connectivity index (χ1) is 10.2. The van der Waals surface area contributed by atoms with E-state index in [0.717, 1.165) is 12.2 Å². The van der Waals surface area contributed by atoms with Gasteiger partial charge in [0.25, 0.3) is 0 Å². The third-order valence-electron chi connectivity index (χ3n) is 3.13. The summed E-state index contributed by atoms with van der Waals surface area (Å²) in [6.45, 7) is 0.735. The SMILES string of the molecule is Oc1ccc(NCc2ccc(-c3ccccc3)s2)cc1Cl. The molecule has 0 saturated heterocycles. The first-order valence-corrected chi connectivity index (χ1v) is 7.78. The largest absolute Gasteiger partial charge is 0.506 e. The molecule has 1 aromatic heterocycles. The Labute approximate surface area is 132 Å². The van der Waals surface area contributed by atoms with Gasteiger partial charge >= 0.3 is 0 Å². The van der Waals surface area contributed by atoms with Crippen LogP contribution < -0.4 is 5.32 Å². The van der Waals surface area contributed by atoms with Gasteiger partial charge in [0.1, 0.15) is 5.75 Å². The summed E-state index contributed by atoms with van der Waals surface area (Å²) in [5.74, 6) is 0.102. The lowest BCUT2D eigenvalue weighted by Gasteiger charge is -2.06. The minimum absolute atomic E-state index is 0.102. The van der Waals surface area contributed by atoms with E-state index in [1.54, 1.807) is 23.5 Å². The predicted molar refractivity (Wildman–Crippen MR) is 90.2 cm³/mol. The van der Waals surface area contributed by atoms with Gasteiger partial charge in [0.05, 0.1) is 5.02 Å². The van der Waals surface area contributed by atoms with Crippen molar-refractivity contribution in [2.45, 2.75) is 6.54 Å². The van der Waals surface area contributed by atoms with Gasteiger partial charge in [-0.3, -0.25) is 0 Å². The maximum absolute atomic E-state index is 9.40. The third kappa shape index (κ3) is 3.38. The number of phenols is 1. The zero-order chi connectivity index (χ0) is 14.7. The van der Waals surface area contributed by atoms with E-state index >= 15 is 0 Å². The lowest BCUT2D eigenvalue weighted by atomic mass is 10.2. The smallest absolute Gasteiger partial charge is 0.134 e. The Morgan fingerprint density at radius 2 is 1.81 bits per heavy atom. The summed E-state index contributed by atoms with van der Waals surface area (Å²) < 4.78 is 0. The molecule has 0 aliphatic heterocycles. The Kier molecular flexibility index (Phi) is 4.13. The fraction of sp³-hybridized carbons (Fsp3) is 0.0588. The van der Waals surface area contributed by atoms with Gasteiger partial charge in [0.15, 0.2) is 0 Å². The Morgan fingerprint density at radius 1 is 1.00 bits per heavy atom. The standard InChI is InChI=1S/C17H14ClNOS/c18-15-10-13(6-8-16(15)20)19-11-14-7-9-17(21-14)12-4-2-1-3-5-12/h1-10,19-20H,11H2. The number of benzene rings is 2. The molecule has 21 heavy (non-hydrogen) atoms. The third-order valence-corrected chi connectivity index (χ3v) is 4.57. The molecule has 3 rings (SSSR count). The zero-order valence-corrected chi connectivity index (χ0v) is 12.8. The molecule has 2 aromatic carbocycles. The normalized spacial score (nSPS) is 10.5. The van der Waals surface area contributed by atoms with Crippen LogP contribution in [0.4, 0.5) is 5.69 Å². The number of hydrogen-bond acceptors (Lipinski definition) is 3. The summed E-state index contributed by atoms with van der Waals surface area (Å²) in [7, 11) is 0. The topological polar surface area (TPSA) is 32.3 Å². The fourth-order valence-corrected chi connectivity index (χ4v) is 3.17. The van der Waals surface area contributed by atoms with Crippen molar-refractivity contribution in [3.05, 3.63) is 70.6 Å². The van der Waals surface area contributed by atoms with Crippen LogP contribution in [0.3, 0.4) is 0 Å². The summed E-state index contributed by atoms with van der Waals surface area (Å²) in [6.07, 6.45) is 0. The van der Waals surface area contributed by atoms with Gasteiger partial charge in [-0.1, -0.05) is 41.9 Å². The number of aromatic hydroxyl groups is 1. The summed E-state index contributed by atoms with van der Waals surface area (Å²) in [5, 5.41) is 13.1. The minimum atomic E-state index is 0.102. The van der Waals surface area contributed by atoms with Crippen LogP contribution in [0.25, 0.3) is 10.4 Å². The van der Waals surface area contributed by atoms with Gasteiger partial charge in [-0.2, -0.15) is 0 Å². The first-order valence-electron chi connectivity index (χ1n) is 6.59. The van der Waals surface area contributed by atoms with E-state index in [1.165, 1.54) is 15.3 Å². The molecule has 0 aliphatic rings. The molecule has 0 radical (unpaired) electrons. The van der Waals surface area contributed by atoms with Gasteiger partial charge in [-0.25, -0.2) is 0 Å².